The van der Waals surface area contributed by atoms with Crippen LogP contribution in [0.3, 0.4) is 0 Å². The molecule has 3 nitrogen and oxygen atoms in total. The summed E-state index contributed by atoms with van der Waals surface area (Å²) in [6.07, 6.45) is 28.2. The quantitative estimate of drug-likeness (QED) is 0.0703. The lowest BCUT2D eigenvalue weighted by molar-refractivity contribution is -0.908. The molecule has 0 aromatic heterocycles. The maximum atomic E-state index is 12.1. The van der Waals surface area contributed by atoms with E-state index < -0.39 is 13.0 Å². The number of allylic oxidation sites excluding steroid dienone is 2. The molecule has 0 aromatic rings. The molecule has 0 aliphatic rings. The molecule has 0 amide bonds. The van der Waals surface area contributed by atoms with Crippen molar-refractivity contribution in [2.24, 2.45) is 0 Å². The first-order chi connectivity index (χ1) is 14.8. The summed E-state index contributed by atoms with van der Waals surface area (Å²) in [4.78, 5) is 0. The monoisotopic (exact) mass is 456 g/mol. The number of unbranched alkanes of at least 4 members (excludes halogenated alkanes) is 14. The van der Waals surface area contributed by atoms with Crippen molar-refractivity contribution in [2.45, 2.75) is 141 Å². The predicted molar refractivity (Wildman–Crippen MR) is 137 cm³/mol. The van der Waals surface area contributed by atoms with Gasteiger partial charge in [0, 0.05) is 12.8 Å². The van der Waals surface area contributed by atoms with E-state index in [1.165, 1.54) is 89.9 Å². The molecular formula is C27H55NO2P+. The number of quaternary nitrogens is 1. The summed E-state index contributed by atoms with van der Waals surface area (Å²) >= 11 is 0. The van der Waals surface area contributed by atoms with Gasteiger partial charge in [0.05, 0.1) is 21.1 Å². The fourth-order valence-electron chi connectivity index (χ4n) is 4.63. The van der Waals surface area contributed by atoms with Gasteiger partial charge in [-0.25, -0.2) is 9.13 Å². The molecule has 0 N–H and O–H groups in total. The van der Waals surface area contributed by atoms with Crippen molar-refractivity contribution in [3.8, 4) is 0 Å². The van der Waals surface area contributed by atoms with Crippen LogP contribution >= 0.6 is 7.68 Å². The van der Waals surface area contributed by atoms with E-state index in [2.05, 4.69) is 26.0 Å². The molecule has 0 radical (unpaired) electrons. The molecular weight excluding hydrogens is 401 g/mol. The Bertz CT molecular complexity index is 500. The summed E-state index contributed by atoms with van der Waals surface area (Å²) < 4.78 is 24.7. The van der Waals surface area contributed by atoms with Gasteiger partial charge in [-0.2, -0.15) is 0 Å². The van der Waals surface area contributed by atoms with Gasteiger partial charge in [0.1, 0.15) is 0 Å². The van der Waals surface area contributed by atoms with Crippen molar-refractivity contribution in [1.82, 2.24) is 0 Å². The second-order valence-corrected chi connectivity index (χ2v) is 11.7. The van der Waals surface area contributed by atoms with E-state index in [1.807, 2.05) is 21.1 Å². The Balaban J connectivity index is 3.69. The minimum Gasteiger partial charge on any atom is -0.314 e. The number of rotatable bonds is 22. The number of hydrogen-bond donors (Lipinski definition) is 0. The van der Waals surface area contributed by atoms with Crippen LogP contribution in [-0.4, -0.2) is 30.9 Å². The van der Waals surface area contributed by atoms with E-state index >= 15 is 0 Å². The average Bonchev–Trinajstić information content (AvgIpc) is 2.71. The van der Waals surface area contributed by atoms with Crippen molar-refractivity contribution >= 4 is 7.68 Å². The molecule has 31 heavy (non-hydrogen) atoms. The van der Waals surface area contributed by atoms with Crippen molar-refractivity contribution in [3.63, 3.8) is 0 Å². The highest BCUT2D eigenvalue weighted by Crippen LogP contribution is 2.44. The molecule has 4 heteroatoms. The third-order valence-corrected chi connectivity index (χ3v) is 8.55. The molecule has 0 aliphatic carbocycles. The molecule has 0 bridgehead atoms. The molecule has 0 fully saturated rings. The number of hydrogen-bond acceptors (Lipinski definition) is 2. The molecule has 1 unspecified atom stereocenters. The summed E-state index contributed by atoms with van der Waals surface area (Å²) in [5.41, 5.74) is 0. The molecule has 0 aromatic carbocycles. The highest BCUT2D eigenvalue weighted by Gasteiger charge is 2.47. The lowest BCUT2D eigenvalue weighted by Crippen LogP contribution is -2.53. The Morgan fingerprint density at radius 2 is 1.00 bits per heavy atom. The van der Waals surface area contributed by atoms with Crippen LogP contribution in [0.1, 0.15) is 136 Å². The first kappa shape index (κ1) is 30.6. The summed E-state index contributed by atoms with van der Waals surface area (Å²) in [6.45, 7) is 4.37. The zero-order valence-corrected chi connectivity index (χ0v) is 22.7. The van der Waals surface area contributed by atoms with Crippen molar-refractivity contribution in [3.05, 3.63) is 12.2 Å². The maximum absolute atomic E-state index is 12.1. The average molecular weight is 457 g/mol. The van der Waals surface area contributed by atoms with E-state index in [-0.39, 0.29) is 0 Å². The first-order valence-corrected chi connectivity index (χ1v) is 14.6. The van der Waals surface area contributed by atoms with Crippen LogP contribution in [0.4, 0.5) is 0 Å². The van der Waals surface area contributed by atoms with Gasteiger partial charge in [0.15, 0.2) is 0 Å². The van der Waals surface area contributed by atoms with E-state index in [4.69, 9.17) is 0 Å². The molecule has 0 saturated heterocycles. The van der Waals surface area contributed by atoms with Gasteiger partial charge >= 0.3 is 7.68 Å². The Hall–Kier alpha value is -0.400. The van der Waals surface area contributed by atoms with Gasteiger partial charge in [-0.1, -0.05) is 96.6 Å². The lowest BCUT2D eigenvalue weighted by Gasteiger charge is -2.41. The van der Waals surface area contributed by atoms with E-state index in [0.29, 0.717) is 4.48 Å². The Labute approximate surface area is 195 Å². The Morgan fingerprint density at radius 1 is 0.581 bits per heavy atom. The minimum absolute atomic E-state index is 0.519. The summed E-state index contributed by atoms with van der Waals surface area (Å²) in [5.74, 6) is 0. The highest BCUT2D eigenvalue weighted by atomic mass is 31.1. The van der Waals surface area contributed by atoms with Gasteiger partial charge in [0.25, 0.3) is 0 Å². The summed E-state index contributed by atoms with van der Waals surface area (Å²) in [6, 6.07) is 0. The molecule has 1 atom stereocenters. The van der Waals surface area contributed by atoms with E-state index in [1.54, 1.807) is 0 Å². The van der Waals surface area contributed by atoms with Crippen molar-refractivity contribution < 1.29 is 13.6 Å². The Morgan fingerprint density at radius 3 is 1.39 bits per heavy atom. The molecule has 0 spiro atoms. The standard InChI is InChI=1S/C27H55NO2P/c1-6-8-9-10-11-12-13-14-15-16-17-18-19-20-21-22-23-24-26-27(25-7-2,31(29)30)28(3,4)5/h16-17H,6-15,18-26H2,1-5H3/q+1. The second kappa shape index (κ2) is 19.1. The molecule has 0 saturated carbocycles. The number of nitrogens with zero attached hydrogens (tertiary/aromatic N) is 1. The predicted octanol–water partition coefficient (Wildman–Crippen LogP) is 9.57. The van der Waals surface area contributed by atoms with Gasteiger partial charge in [-0.15, -0.1) is 0 Å². The smallest absolute Gasteiger partial charge is 0.314 e. The normalized spacial score (nSPS) is 14.2. The minimum atomic E-state index is -2.42. The second-order valence-electron chi connectivity index (χ2n) is 10.4. The van der Waals surface area contributed by atoms with Crippen LogP contribution < -0.4 is 0 Å². The zero-order chi connectivity index (χ0) is 23.4. The fourth-order valence-corrected chi connectivity index (χ4v) is 5.87. The van der Waals surface area contributed by atoms with Crippen LogP contribution in [0.25, 0.3) is 0 Å². The third-order valence-electron chi connectivity index (χ3n) is 6.83. The fraction of sp³-hybridized carbons (Fsp3) is 0.926. The highest BCUT2D eigenvalue weighted by molar-refractivity contribution is 7.32. The van der Waals surface area contributed by atoms with Gasteiger partial charge in [-0.05, 0) is 38.5 Å². The molecule has 0 rings (SSSR count). The van der Waals surface area contributed by atoms with Crippen molar-refractivity contribution in [2.75, 3.05) is 21.1 Å². The molecule has 0 aliphatic heterocycles. The van der Waals surface area contributed by atoms with E-state index in [9.17, 15) is 9.13 Å². The largest absolute Gasteiger partial charge is 0.378 e. The van der Waals surface area contributed by atoms with Gasteiger partial charge in [0.2, 0.25) is 5.28 Å². The van der Waals surface area contributed by atoms with Crippen LogP contribution in [-0.2, 0) is 9.13 Å². The van der Waals surface area contributed by atoms with Crippen LogP contribution in [0.5, 0.6) is 0 Å². The zero-order valence-electron chi connectivity index (χ0n) is 21.8. The van der Waals surface area contributed by atoms with Gasteiger partial charge in [-0.3, -0.25) is 0 Å². The summed E-state index contributed by atoms with van der Waals surface area (Å²) in [7, 11) is 3.67. The third kappa shape index (κ3) is 14.4. The summed E-state index contributed by atoms with van der Waals surface area (Å²) in [5, 5.41) is -0.593. The SMILES string of the molecule is CCCCCCCCCCC=CCCCCCCCCC(CCC)(P(=O)=O)[N+](C)(C)C. The maximum Gasteiger partial charge on any atom is 0.378 e. The van der Waals surface area contributed by atoms with E-state index in [0.717, 1.165) is 32.1 Å². The topological polar surface area (TPSA) is 34.1 Å². The first-order valence-electron chi connectivity index (χ1n) is 13.4. The van der Waals surface area contributed by atoms with Crippen LogP contribution in [0.15, 0.2) is 12.2 Å². The Kier molecular flexibility index (Phi) is 18.9. The van der Waals surface area contributed by atoms with Crippen LogP contribution in [0, 0.1) is 0 Å². The lowest BCUT2D eigenvalue weighted by atomic mass is 9.99. The van der Waals surface area contributed by atoms with Crippen molar-refractivity contribution in [1.29, 1.82) is 0 Å². The molecule has 184 valence electrons. The van der Waals surface area contributed by atoms with Gasteiger partial charge < -0.3 is 4.48 Å². The van der Waals surface area contributed by atoms with Crippen LogP contribution in [0.2, 0.25) is 0 Å². The molecule has 0 heterocycles.